The fourth-order valence-electron chi connectivity index (χ4n) is 2.22. The monoisotopic (exact) mass is 292 g/mol. The van der Waals surface area contributed by atoms with Gasteiger partial charge in [0.1, 0.15) is 0 Å². The SMILES string of the molecule is Cc1nnc(C(C)CCC(C)c2ccc(C(C)C)s2)o1. The first-order valence-corrected chi connectivity index (χ1v) is 8.18. The van der Waals surface area contributed by atoms with Gasteiger partial charge in [0, 0.05) is 22.6 Å². The minimum Gasteiger partial charge on any atom is -0.425 e. The molecule has 2 aromatic heterocycles. The summed E-state index contributed by atoms with van der Waals surface area (Å²) in [4.78, 5) is 2.97. The number of hydrogen-bond acceptors (Lipinski definition) is 4. The number of aryl methyl sites for hydroxylation is 1. The molecule has 0 fully saturated rings. The van der Waals surface area contributed by atoms with Crippen molar-refractivity contribution in [3.63, 3.8) is 0 Å². The van der Waals surface area contributed by atoms with Crippen LogP contribution in [0.5, 0.6) is 0 Å². The predicted molar refractivity (Wildman–Crippen MR) is 83.5 cm³/mol. The van der Waals surface area contributed by atoms with Gasteiger partial charge in [-0.2, -0.15) is 0 Å². The van der Waals surface area contributed by atoms with Gasteiger partial charge in [0.15, 0.2) is 0 Å². The van der Waals surface area contributed by atoms with E-state index in [1.54, 1.807) is 0 Å². The number of aromatic nitrogens is 2. The minimum atomic E-state index is 0.336. The molecule has 2 aromatic rings. The van der Waals surface area contributed by atoms with Crippen molar-refractivity contribution < 1.29 is 4.42 Å². The third-order valence-electron chi connectivity index (χ3n) is 3.70. The number of hydrogen-bond donors (Lipinski definition) is 0. The van der Waals surface area contributed by atoms with Crippen LogP contribution in [-0.2, 0) is 0 Å². The molecule has 110 valence electrons. The lowest BCUT2D eigenvalue weighted by Crippen LogP contribution is -1.98. The van der Waals surface area contributed by atoms with E-state index >= 15 is 0 Å². The van der Waals surface area contributed by atoms with Crippen LogP contribution in [0.1, 0.15) is 79.8 Å². The van der Waals surface area contributed by atoms with E-state index in [9.17, 15) is 0 Å². The quantitative estimate of drug-likeness (QED) is 0.730. The molecule has 0 saturated carbocycles. The van der Waals surface area contributed by atoms with E-state index in [1.807, 2.05) is 18.3 Å². The Hall–Kier alpha value is -1.16. The average molecular weight is 292 g/mol. The fourth-order valence-corrected chi connectivity index (χ4v) is 3.32. The van der Waals surface area contributed by atoms with Gasteiger partial charge < -0.3 is 4.42 Å². The second-order valence-electron chi connectivity index (χ2n) is 5.93. The van der Waals surface area contributed by atoms with Crippen molar-refractivity contribution in [3.8, 4) is 0 Å². The minimum absolute atomic E-state index is 0.336. The van der Waals surface area contributed by atoms with Crippen molar-refractivity contribution in [3.05, 3.63) is 33.7 Å². The lowest BCUT2D eigenvalue weighted by molar-refractivity contribution is 0.417. The molecule has 0 N–H and O–H groups in total. The molecule has 0 aliphatic rings. The Bertz CT molecular complexity index is 544. The lowest BCUT2D eigenvalue weighted by atomic mass is 9.97. The molecule has 0 bridgehead atoms. The highest BCUT2D eigenvalue weighted by Gasteiger charge is 2.16. The van der Waals surface area contributed by atoms with Crippen LogP contribution in [0.4, 0.5) is 0 Å². The van der Waals surface area contributed by atoms with Crippen molar-refractivity contribution in [1.29, 1.82) is 0 Å². The van der Waals surface area contributed by atoms with Crippen LogP contribution >= 0.6 is 11.3 Å². The molecule has 0 saturated heterocycles. The first kappa shape index (κ1) is 15.2. The smallest absolute Gasteiger partial charge is 0.219 e. The standard InChI is InChI=1S/C16H24N2OS/c1-10(2)14-8-9-15(20-14)11(3)6-7-12(4)16-18-17-13(5)19-16/h8-12H,6-7H2,1-5H3. The molecule has 3 nitrogen and oxygen atoms in total. The normalized spacial score (nSPS) is 14.7. The van der Waals surface area contributed by atoms with Crippen LogP contribution in [0, 0.1) is 6.92 Å². The number of rotatable bonds is 6. The molecule has 0 spiro atoms. The summed E-state index contributed by atoms with van der Waals surface area (Å²) < 4.78 is 5.50. The maximum Gasteiger partial charge on any atom is 0.219 e. The lowest BCUT2D eigenvalue weighted by Gasteiger charge is -2.12. The van der Waals surface area contributed by atoms with E-state index in [4.69, 9.17) is 4.42 Å². The molecule has 2 atom stereocenters. The van der Waals surface area contributed by atoms with Crippen LogP contribution < -0.4 is 0 Å². The molecular formula is C16H24N2OS. The summed E-state index contributed by atoms with van der Waals surface area (Å²) in [6, 6.07) is 4.55. The van der Waals surface area contributed by atoms with Crippen molar-refractivity contribution in [2.45, 2.75) is 65.2 Å². The van der Waals surface area contributed by atoms with Crippen LogP contribution in [0.25, 0.3) is 0 Å². The van der Waals surface area contributed by atoms with E-state index in [2.05, 4.69) is 50.0 Å². The van der Waals surface area contributed by atoms with Crippen LogP contribution in [0.15, 0.2) is 16.5 Å². The second kappa shape index (κ2) is 6.53. The Morgan fingerprint density at radius 1 is 1.00 bits per heavy atom. The van der Waals surface area contributed by atoms with Gasteiger partial charge >= 0.3 is 0 Å². The summed E-state index contributed by atoms with van der Waals surface area (Å²) in [6.45, 7) is 10.8. The Kier molecular flexibility index (Phi) is 4.97. The van der Waals surface area contributed by atoms with Crippen LogP contribution in [0.2, 0.25) is 0 Å². The highest BCUT2D eigenvalue weighted by molar-refractivity contribution is 7.12. The number of thiophene rings is 1. The van der Waals surface area contributed by atoms with Gasteiger partial charge in [-0.1, -0.05) is 27.7 Å². The van der Waals surface area contributed by atoms with Crippen LogP contribution in [-0.4, -0.2) is 10.2 Å². The molecule has 2 rings (SSSR count). The van der Waals surface area contributed by atoms with E-state index < -0.39 is 0 Å². The van der Waals surface area contributed by atoms with Crippen molar-refractivity contribution in [1.82, 2.24) is 10.2 Å². The second-order valence-corrected chi connectivity index (χ2v) is 7.08. The molecule has 20 heavy (non-hydrogen) atoms. The maximum atomic E-state index is 5.50. The van der Waals surface area contributed by atoms with Gasteiger partial charge in [0.05, 0.1) is 0 Å². The zero-order valence-electron chi connectivity index (χ0n) is 13.0. The summed E-state index contributed by atoms with van der Waals surface area (Å²) in [5.41, 5.74) is 0. The first-order chi connectivity index (χ1) is 9.47. The summed E-state index contributed by atoms with van der Waals surface area (Å²) in [5.74, 6) is 2.98. The van der Waals surface area contributed by atoms with E-state index in [0.29, 0.717) is 23.6 Å². The molecule has 0 aliphatic heterocycles. The van der Waals surface area contributed by atoms with Crippen molar-refractivity contribution in [2.24, 2.45) is 0 Å². The Labute approximate surface area is 125 Å². The fraction of sp³-hybridized carbons (Fsp3) is 0.625. The van der Waals surface area contributed by atoms with Gasteiger partial charge in [-0.3, -0.25) is 0 Å². The van der Waals surface area contributed by atoms with Gasteiger partial charge in [-0.05, 0) is 36.8 Å². The zero-order chi connectivity index (χ0) is 14.7. The average Bonchev–Trinajstić information content (AvgIpc) is 3.04. The van der Waals surface area contributed by atoms with E-state index in [-0.39, 0.29) is 0 Å². The largest absolute Gasteiger partial charge is 0.425 e. The van der Waals surface area contributed by atoms with Crippen molar-refractivity contribution in [2.75, 3.05) is 0 Å². The van der Waals surface area contributed by atoms with E-state index in [1.165, 1.54) is 9.75 Å². The third kappa shape index (κ3) is 3.69. The van der Waals surface area contributed by atoms with Gasteiger partial charge in [0.25, 0.3) is 0 Å². The van der Waals surface area contributed by atoms with E-state index in [0.717, 1.165) is 18.7 Å². The molecule has 0 amide bonds. The zero-order valence-corrected chi connectivity index (χ0v) is 13.8. The van der Waals surface area contributed by atoms with Gasteiger partial charge in [-0.15, -0.1) is 21.5 Å². The Balaban J connectivity index is 1.89. The molecular weight excluding hydrogens is 268 g/mol. The molecule has 0 aromatic carbocycles. The highest BCUT2D eigenvalue weighted by atomic mass is 32.1. The molecule has 2 heterocycles. The van der Waals surface area contributed by atoms with Gasteiger partial charge in [0.2, 0.25) is 11.8 Å². The molecule has 2 unspecified atom stereocenters. The van der Waals surface area contributed by atoms with Gasteiger partial charge in [-0.25, -0.2) is 0 Å². The molecule has 0 radical (unpaired) electrons. The maximum absolute atomic E-state index is 5.50. The summed E-state index contributed by atoms with van der Waals surface area (Å²) >= 11 is 1.95. The summed E-state index contributed by atoms with van der Waals surface area (Å²) in [6.07, 6.45) is 2.23. The number of nitrogens with zero attached hydrogens (tertiary/aromatic N) is 2. The topological polar surface area (TPSA) is 38.9 Å². The van der Waals surface area contributed by atoms with Crippen LogP contribution in [0.3, 0.4) is 0 Å². The summed E-state index contributed by atoms with van der Waals surface area (Å²) in [5, 5.41) is 8.01. The highest BCUT2D eigenvalue weighted by Crippen LogP contribution is 2.33. The molecule has 0 aliphatic carbocycles. The third-order valence-corrected chi connectivity index (χ3v) is 5.32. The predicted octanol–water partition coefficient (Wildman–Crippen LogP) is 5.25. The van der Waals surface area contributed by atoms with Crippen molar-refractivity contribution >= 4 is 11.3 Å². The Morgan fingerprint density at radius 2 is 1.65 bits per heavy atom. The Morgan fingerprint density at radius 3 is 2.20 bits per heavy atom. The summed E-state index contributed by atoms with van der Waals surface area (Å²) in [7, 11) is 0. The molecule has 4 heteroatoms. The first-order valence-electron chi connectivity index (χ1n) is 7.37.